The maximum absolute atomic E-state index is 15.0. The Bertz CT molecular complexity index is 1420. The lowest BCUT2D eigenvalue weighted by Gasteiger charge is -2.34. The van der Waals surface area contributed by atoms with Crippen molar-refractivity contribution in [2.45, 2.75) is 26.3 Å². The minimum absolute atomic E-state index is 0.0517. The van der Waals surface area contributed by atoms with E-state index >= 15 is 0 Å². The standard InChI is InChI=1S/C27H30F2N6O2/c1-16(2)35-9-10-36-26-19(28)13-18(14-22(26)35)25-20(29)15-31-24(33-25)12-17-5-6-23-21(11-17)32-27(37-23)30-7-8-34(3)4/h5-6,11,13-16H,7-10,12H2,1-4H3,(H,30,32). The first kappa shape index (κ1) is 24.9. The lowest BCUT2D eigenvalue weighted by Crippen LogP contribution is -2.38. The molecular formula is C27H30F2N6O2. The third-order valence-corrected chi connectivity index (χ3v) is 6.25. The number of benzene rings is 2. The molecule has 1 aliphatic heterocycles. The summed E-state index contributed by atoms with van der Waals surface area (Å²) in [5.41, 5.74) is 3.26. The van der Waals surface area contributed by atoms with Crippen LogP contribution in [0.1, 0.15) is 25.2 Å². The molecule has 0 bridgehead atoms. The highest BCUT2D eigenvalue weighted by Gasteiger charge is 2.25. The molecule has 0 unspecified atom stereocenters. The van der Waals surface area contributed by atoms with Crippen LogP contribution >= 0.6 is 0 Å². The number of ether oxygens (including phenoxy) is 1. The van der Waals surface area contributed by atoms with Crippen LogP contribution in [0, 0.1) is 11.6 Å². The molecule has 0 aliphatic carbocycles. The zero-order chi connectivity index (χ0) is 26.1. The Morgan fingerprint density at radius 1 is 1.11 bits per heavy atom. The summed E-state index contributed by atoms with van der Waals surface area (Å²) in [5, 5.41) is 3.17. The zero-order valence-corrected chi connectivity index (χ0v) is 21.4. The number of anilines is 2. The summed E-state index contributed by atoms with van der Waals surface area (Å²) in [5.74, 6) is -0.547. The molecule has 194 valence electrons. The minimum atomic E-state index is -0.615. The predicted octanol–water partition coefficient (Wildman–Crippen LogP) is 4.73. The van der Waals surface area contributed by atoms with Crippen LogP contribution < -0.4 is 15.0 Å². The first-order chi connectivity index (χ1) is 17.8. The van der Waals surface area contributed by atoms with Crippen LogP contribution in [0.4, 0.5) is 20.5 Å². The quantitative estimate of drug-likeness (QED) is 0.366. The molecule has 2 aromatic heterocycles. The van der Waals surface area contributed by atoms with Crippen molar-refractivity contribution in [3.05, 3.63) is 59.6 Å². The van der Waals surface area contributed by atoms with Gasteiger partial charge in [-0.1, -0.05) is 6.07 Å². The highest BCUT2D eigenvalue weighted by molar-refractivity contribution is 5.75. The van der Waals surface area contributed by atoms with Crippen LogP contribution in [0.3, 0.4) is 0 Å². The van der Waals surface area contributed by atoms with Crippen LogP contribution in [0.2, 0.25) is 0 Å². The SMILES string of the molecule is CC(C)N1CCOc2c(F)cc(-c3nc(Cc4ccc5oc(NCCN(C)C)nc5c4)ncc3F)cc21. The van der Waals surface area contributed by atoms with Gasteiger partial charge in [0, 0.05) is 31.1 Å². The van der Waals surface area contributed by atoms with E-state index in [0.29, 0.717) is 60.3 Å². The van der Waals surface area contributed by atoms with Crippen molar-refractivity contribution in [2.75, 3.05) is 50.6 Å². The molecule has 0 radical (unpaired) electrons. The Hall–Kier alpha value is -3.79. The summed E-state index contributed by atoms with van der Waals surface area (Å²) in [6.45, 7) is 6.64. The van der Waals surface area contributed by atoms with Gasteiger partial charge in [0.05, 0.1) is 18.4 Å². The van der Waals surface area contributed by atoms with Crippen LogP contribution in [0.25, 0.3) is 22.4 Å². The van der Waals surface area contributed by atoms with Gasteiger partial charge in [-0.3, -0.25) is 0 Å². The van der Waals surface area contributed by atoms with E-state index in [1.54, 1.807) is 6.07 Å². The fraction of sp³-hybridized carbons (Fsp3) is 0.370. The van der Waals surface area contributed by atoms with Gasteiger partial charge in [0.2, 0.25) is 0 Å². The molecule has 0 saturated carbocycles. The van der Waals surface area contributed by atoms with E-state index in [-0.39, 0.29) is 17.5 Å². The van der Waals surface area contributed by atoms with Gasteiger partial charge in [0.25, 0.3) is 6.01 Å². The van der Waals surface area contributed by atoms with Crippen molar-refractivity contribution in [3.8, 4) is 17.0 Å². The Kier molecular flexibility index (Phi) is 6.92. The number of halogens is 2. The first-order valence-corrected chi connectivity index (χ1v) is 12.3. The Balaban J connectivity index is 1.41. The maximum atomic E-state index is 15.0. The molecule has 1 N–H and O–H groups in total. The van der Waals surface area contributed by atoms with Crippen molar-refractivity contribution in [1.82, 2.24) is 19.9 Å². The predicted molar refractivity (Wildman–Crippen MR) is 139 cm³/mol. The highest BCUT2D eigenvalue weighted by atomic mass is 19.1. The van der Waals surface area contributed by atoms with Crippen LogP contribution in [-0.4, -0.2) is 66.2 Å². The van der Waals surface area contributed by atoms with Crippen molar-refractivity contribution >= 4 is 22.8 Å². The van der Waals surface area contributed by atoms with E-state index in [4.69, 9.17) is 9.15 Å². The van der Waals surface area contributed by atoms with Gasteiger partial charge in [-0.05, 0) is 57.8 Å². The van der Waals surface area contributed by atoms with Gasteiger partial charge in [0.15, 0.2) is 23.0 Å². The number of nitrogens with zero attached hydrogens (tertiary/aromatic N) is 5. The van der Waals surface area contributed by atoms with Gasteiger partial charge in [-0.15, -0.1) is 0 Å². The molecule has 3 heterocycles. The van der Waals surface area contributed by atoms with E-state index in [1.165, 1.54) is 6.07 Å². The largest absolute Gasteiger partial charge is 0.486 e. The number of oxazole rings is 1. The van der Waals surface area contributed by atoms with E-state index in [9.17, 15) is 8.78 Å². The molecule has 0 atom stereocenters. The average Bonchev–Trinajstić information content (AvgIpc) is 3.26. The lowest BCUT2D eigenvalue weighted by molar-refractivity contribution is 0.287. The maximum Gasteiger partial charge on any atom is 0.295 e. The van der Waals surface area contributed by atoms with Gasteiger partial charge in [-0.2, -0.15) is 4.98 Å². The number of hydrogen-bond donors (Lipinski definition) is 1. The molecule has 5 rings (SSSR count). The molecule has 37 heavy (non-hydrogen) atoms. The number of nitrogens with one attached hydrogen (secondary N) is 1. The second kappa shape index (κ2) is 10.3. The summed E-state index contributed by atoms with van der Waals surface area (Å²) < 4.78 is 41.1. The molecule has 0 saturated heterocycles. The fourth-order valence-corrected chi connectivity index (χ4v) is 4.39. The second-order valence-corrected chi connectivity index (χ2v) is 9.65. The third-order valence-electron chi connectivity index (χ3n) is 6.25. The molecule has 0 fully saturated rings. The summed E-state index contributed by atoms with van der Waals surface area (Å²) in [6, 6.07) is 9.25. The first-order valence-electron chi connectivity index (χ1n) is 12.3. The summed E-state index contributed by atoms with van der Waals surface area (Å²) >= 11 is 0. The Morgan fingerprint density at radius 2 is 1.95 bits per heavy atom. The monoisotopic (exact) mass is 508 g/mol. The van der Waals surface area contributed by atoms with Crippen molar-refractivity contribution < 1.29 is 17.9 Å². The van der Waals surface area contributed by atoms with Crippen molar-refractivity contribution in [3.63, 3.8) is 0 Å². The number of aromatic nitrogens is 3. The Morgan fingerprint density at radius 3 is 2.73 bits per heavy atom. The van der Waals surface area contributed by atoms with Gasteiger partial charge >= 0.3 is 0 Å². The molecular weight excluding hydrogens is 478 g/mol. The van der Waals surface area contributed by atoms with Crippen LogP contribution in [0.5, 0.6) is 5.75 Å². The van der Waals surface area contributed by atoms with Gasteiger partial charge in [0.1, 0.15) is 23.6 Å². The molecule has 1 aliphatic rings. The molecule has 4 aromatic rings. The summed E-state index contributed by atoms with van der Waals surface area (Å²) in [7, 11) is 4.00. The topological polar surface area (TPSA) is 79.5 Å². The molecule has 0 spiro atoms. The average molecular weight is 509 g/mol. The molecule has 8 nitrogen and oxygen atoms in total. The zero-order valence-electron chi connectivity index (χ0n) is 21.4. The number of likely N-dealkylation sites (N-methyl/N-ethyl adjacent to an activating group) is 1. The van der Waals surface area contributed by atoms with E-state index in [2.05, 4.69) is 25.2 Å². The van der Waals surface area contributed by atoms with Crippen molar-refractivity contribution in [1.29, 1.82) is 0 Å². The Labute approximate surface area is 214 Å². The number of rotatable bonds is 8. The van der Waals surface area contributed by atoms with Crippen LogP contribution in [-0.2, 0) is 6.42 Å². The number of hydrogen-bond acceptors (Lipinski definition) is 8. The lowest BCUT2D eigenvalue weighted by atomic mass is 10.1. The highest BCUT2D eigenvalue weighted by Crippen LogP contribution is 2.39. The number of fused-ring (bicyclic) bond motifs is 2. The molecule has 10 heteroatoms. The van der Waals surface area contributed by atoms with E-state index in [0.717, 1.165) is 18.3 Å². The van der Waals surface area contributed by atoms with Crippen molar-refractivity contribution in [2.24, 2.45) is 0 Å². The van der Waals surface area contributed by atoms with Gasteiger partial charge in [-0.25, -0.2) is 18.7 Å². The smallest absolute Gasteiger partial charge is 0.295 e. The van der Waals surface area contributed by atoms with E-state index < -0.39 is 11.6 Å². The fourth-order valence-electron chi connectivity index (χ4n) is 4.39. The normalized spacial score (nSPS) is 13.4. The van der Waals surface area contributed by atoms with Gasteiger partial charge < -0.3 is 24.3 Å². The molecule has 2 aromatic carbocycles. The third kappa shape index (κ3) is 5.34. The summed E-state index contributed by atoms with van der Waals surface area (Å²) in [4.78, 5) is 17.3. The minimum Gasteiger partial charge on any atom is -0.486 e. The van der Waals surface area contributed by atoms with Crippen LogP contribution in [0.15, 0.2) is 40.9 Å². The van der Waals surface area contributed by atoms with E-state index in [1.807, 2.05) is 51.0 Å². The second-order valence-electron chi connectivity index (χ2n) is 9.65. The summed E-state index contributed by atoms with van der Waals surface area (Å²) in [6.07, 6.45) is 1.49. The molecule has 0 amide bonds.